The van der Waals surface area contributed by atoms with Crippen LogP contribution in [-0.4, -0.2) is 39.6 Å². The molecule has 1 aliphatic rings. The molecule has 0 radical (unpaired) electrons. The summed E-state index contributed by atoms with van der Waals surface area (Å²) in [5.41, 5.74) is 0.849. The van der Waals surface area contributed by atoms with Gasteiger partial charge in [-0.2, -0.15) is 4.98 Å². The Morgan fingerprint density at radius 2 is 1.86 bits per heavy atom. The molecule has 1 fully saturated rings. The van der Waals surface area contributed by atoms with Crippen molar-refractivity contribution in [2.45, 2.75) is 44.4 Å². The van der Waals surface area contributed by atoms with E-state index in [0.717, 1.165) is 18.7 Å². The molecule has 0 unspecified atom stereocenters. The highest BCUT2D eigenvalue weighted by Crippen LogP contribution is 2.32. The van der Waals surface area contributed by atoms with Gasteiger partial charge in [-0.3, -0.25) is 14.4 Å². The lowest BCUT2D eigenvalue weighted by Gasteiger charge is -2.06. The molecule has 0 bridgehead atoms. The second-order valence-corrected chi connectivity index (χ2v) is 6.73. The maximum atomic E-state index is 12.1. The zero-order chi connectivity index (χ0) is 19.9. The van der Waals surface area contributed by atoms with Crippen molar-refractivity contribution in [1.29, 1.82) is 0 Å². The quantitative estimate of drug-likeness (QED) is 0.632. The lowest BCUT2D eigenvalue weighted by atomic mass is 10.1. The minimum atomic E-state index is -1.12. The number of aliphatic carboxylic acids is 1. The normalized spacial score (nSPS) is 14.0. The highest BCUT2D eigenvalue weighted by Gasteiger charge is 2.22. The molecule has 1 saturated carbocycles. The molecule has 28 heavy (non-hydrogen) atoms. The first-order chi connectivity index (χ1) is 13.5. The summed E-state index contributed by atoms with van der Waals surface area (Å²) in [4.78, 5) is 38.7. The standard InChI is InChI=1S/C19H22N4O5/c24-15(9-10-16-22-18(23-28-16)12-3-1-2-4-12)21-14-7-5-13(6-8-14)19(27)20-11-17(25)26/h5-8,12H,1-4,9-11H2,(H,20,27)(H,21,24)(H,25,26). The van der Waals surface area contributed by atoms with E-state index < -0.39 is 18.4 Å². The maximum absolute atomic E-state index is 12.1. The van der Waals surface area contributed by atoms with Crippen molar-refractivity contribution in [2.24, 2.45) is 0 Å². The lowest BCUT2D eigenvalue weighted by Crippen LogP contribution is -2.29. The van der Waals surface area contributed by atoms with Gasteiger partial charge in [0.15, 0.2) is 5.82 Å². The summed E-state index contributed by atoms with van der Waals surface area (Å²) in [6.07, 6.45) is 5.12. The van der Waals surface area contributed by atoms with Gasteiger partial charge in [0.2, 0.25) is 11.8 Å². The Hall–Kier alpha value is -3.23. The van der Waals surface area contributed by atoms with Crippen LogP contribution in [0.4, 0.5) is 5.69 Å². The molecule has 3 N–H and O–H groups in total. The van der Waals surface area contributed by atoms with Gasteiger partial charge in [-0.25, -0.2) is 0 Å². The number of carboxylic acid groups (broad SMARTS) is 1. The van der Waals surface area contributed by atoms with Gasteiger partial charge in [-0.05, 0) is 37.1 Å². The summed E-state index contributed by atoms with van der Waals surface area (Å²) in [6, 6.07) is 6.19. The Labute approximate surface area is 161 Å². The maximum Gasteiger partial charge on any atom is 0.322 e. The van der Waals surface area contributed by atoms with Crippen LogP contribution < -0.4 is 10.6 Å². The van der Waals surface area contributed by atoms with Crippen molar-refractivity contribution in [3.05, 3.63) is 41.5 Å². The Morgan fingerprint density at radius 3 is 2.54 bits per heavy atom. The van der Waals surface area contributed by atoms with E-state index >= 15 is 0 Å². The number of amides is 2. The van der Waals surface area contributed by atoms with Crippen molar-refractivity contribution in [1.82, 2.24) is 15.5 Å². The molecule has 3 rings (SSSR count). The first kappa shape index (κ1) is 19.5. The molecule has 0 spiro atoms. The molecule has 0 aliphatic heterocycles. The summed E-state index contributed by atoms with van der Waals surface area (Å²) >= 11 is 0. The summed E-state index contributed by atoms with van der Waals surface area (Å²) in [6.45, 7) is -0.449. The molecule has 2 aromatic rings. The van der Waals surface area contributed by atoms with E-state index in [1.165, 1.54) is 25.0 Å². The molecule has 1 heterocycles. The third-order valence-electron chi connectivity index (χ3n) is 4.60. The van der Waals surface area contributed by atoms with Gasteiger partial charge in [0.1, 0.15) is 6.54 Å². The number of nitrogens with one attached hydrogen (secondary N) is 2. The first-order valence-electron chi connectivity index (χ1n) is 9.23. The zero-order valence-corrected chi connectivity index (χ0v) is 15.3. The number of aromatic nitrogens is 2. The third kappa shape index (κ3) is 5.38. The average molecular weight is 386 g/mol. The molecule has 148 valence electrons. The molecule has 1 aromatic carbocycles. The van der Waals surface area contributed by atoms with E-state index in [1.54, 1.807) is 12.1 Å². The topological polar surface area (TPSA) is 134 Å². The highest BCUT2D eigenvalue weighted by molar-refractivity contribution is 5.97. The van der Waals surface area contributed by atoms with E-state index in [1.807, 2.05) is 0 Å². The number of aryl methyl sites for hydroxylation is 1. The predicted molar refractivity (Wildman–Crippen MR) is 98.9 cm³/mol. The monoisotopic (exact) mass is 386 g/mol. The molecular weight excluding hydrogens is 364 g/mol. The van der Waals surface area contributed by atoms with Crippen molar-refractivity contribution < 1.29 is 24.0 Å². The van der Waals surface area contributed by atoms with Gasteiger partial charge in [0.25, 0.3) is 5.91 Å². The van der Waals surface area contributed by atoms with Crippen molar-refractivity contribution in [2.75, 3.05) is 11.9 Å². The fourth-order valence-electron chi connectivity index (χ4n) is 3.13. The summed E-state index contributed by atoms with van der Waals surface area (Å²) in [7, 11) is 0. The summed E-state index contributed by atoms with van der Waals surface area (Å²) in [5.74, 6) is -0.239. The van der Waals surface area contributed by atoms with Gasteiger partial charge >= 0.3 is 5.97 Å². The van der Waals surface area contributed by atoms with Gasteiger partial charge in [-0.15, -0.1) is 0 Å². The Balaban J connectivity index is 1.45. The van der Waals surface area contributed by atoms with Crippen LogP contribution in [-0.2, 0) is 16.0 Å². The zero-order valence-electron chi connectivity index (χ0n) is 15.3. The molecule has 9 nitrogen and oxygen atoms in total. The Morgan fingerprint density at radius 1 is 1.14 bits per heavy atom. The van der Waals surface area contributed by atoms with E-state index in [2.05, 4.69) is 20.8 Å². The minimum absolute atomic E-state index is 0.202. The van der Waals surface area contributed by atoms with Crippen LogP contribution >= 0.6 is 0 Å². The summed E-state index contributed by atoms with van der Waals surface area (Å²) in [5, 5.41) is 17.6. The number of carbonyl (C=O) groups is 3. The Bertz CT molecular complexity index is 840. The fourth-order valence-corrected chi connectivity index (χ4v) is 3.13. The first-order valence-corrected chi connectivity index (χ1v) is 9.23. The minimum Gasteiger partial charge on any atom is -0.480 e. The third-order valence-corrected chi connectivity index (χ3v) is 4.60. The number of anilines is 1. The van der Waals surface area contributed by atoms with Crippen LogP contribution in [0.2, 0.25) is 0 Å². The van der Waals surface area contributed by atoms with Crippen molar-refractivity contribution in [3.63, 3.8) is 0 Å². The van der Waals surface area contributed by atoms with Gasteiger partial charge in [0.05, 0.1) is 0 Å². The largest absolute Gasteiger partial charge is 0.480 e. The van der Waals surface area contributed by atoms with Crippen molar-refractivity contribution in [3.8, 4) is 0 Å². The van der Waals surface area contributed by atoms with E-state index in [9.17, 15) is 14.4 Å². The smallest absolute Gasteiger partial charge is 0.322 e. The molecule has 9 heteroatoms. The van der Waals surface area contributed by atoms with E-state index in [0.29, 0.717) is 29.5 Å². The van der Waals surface area contributed by atoms with E-state index in [4.69, 9.17) is 9.63 Å². The predicted octanol–water partition coefficient (Wildman–Crippen LogP) is 2.11. The number of nitrogens with zero attached hydrogens (tertiary/aromatic N) is 2. The van der Waals surface area contributed by atoms with Crippen LogP contribution in [0.1, 0.15) is 60.1 Å². The number of carbonyl (C=O) groups excluding carboxylic acids is 2. The number of carboxylic acids is 1. The molecule has 1 aromatic heterocycles. The molecule has 1 aliphatic carbocycles. The fraction of sp³-hybridized carbons (Fsp3) is 0.421. The van der Waals surface area contributed by atoms with E-state index in [-0.39, 0.29) is 12.3 Å². The molecular formula is C19H22N4O5. The van der Waals surface area contributed by atoms with Gasteiger partial charge < -0.3 is 20.3 Å². The number of hydrogen-bond donors (Lipinski definition) is 3. The van der Waals surface area contributed by atoms with Crippen LogP contribution in [0.15, 0.2) is 28.8 Å². The highest BCUT2D eigenvalue weighted by atomic mass is 16.5. The van der Waals surface area contributed by atoms with Crippen molar-refractivity contribution >= 4 is 23.5 Å². The van der Waals surface area contributed by atoms with Crippen LogP contribution in [0.3, 0.4) is 0 Å². The molecule has 0 saturated heterocycles. The SMILES string of the molecule is O=C(O)CNC(=O)c1ccc(NC(=O)CCc2nc(C3CCCC3)no2)cc1. The van der Waals surface area contributed by atoms with Crippen LogP contribution in [0.5, 0.6) is 0 Å². The van der Waals surface area contributed by atoms with Gasteiger partial charge in [-0.1, -0.05) is 18.0 Å². The molecule has 0 atom stereocenters. The molecule has 2 amide bonds. The Kier molecular flexibility index (Phi) is 6.36. The number of rotatable bonds is 8. The van der Waals surface area contributed by atoms with Gasteiger partial charge in [0, 0.05) is 30.0 Å². The number of benzene rings is 1. The van der Waals surface area contributed by atoms with Crippen LogP contribution in [0, 0.1) is 0 Å². The average Bonchev–Trinajstić information content (AvgIpc) is 3.36. The second-order valence-electron chi connectivity index (χ2n) is 6.73. The second kappa shape index (κ2) is 9.12. The lowest BCUT2D eigenvalue weighted by molar-refractivity contribution is -0.135. The van der Waals surface area contributed by atoms with Crippen LogP contribution in [0.25, 0.3) is 0 Å². The number of hydrogen-bond acceptors (Lipinski definition) is 6. The summed E-state index contributed by atoms with van der Waals surface area (Å²) < 4.78 is 5.23.